The van der Waals surface area contributed by atoms with Gasteiger partial charge in [0, 0.05) is 37.3 Å². The molecule has 0 unspecified atom stereocenters. The number of nitrogens with two attached hydrogens (primary N) is 1. The molecule has 0 bridgehead atoms. The number of rotatable bonds is 5. The van der Waals surface area contributed by atoms with Gasteiger partial charge < -0.3 is 15.4 Å². The van der Waals surface area contributed by atoms with E-state index in [2.05, 4.69) is 4.74 Å². The van der Waals surface area contributed by atoms with Crippen molar-refractivity contribution < 1.29 is 14.3 Å². The Morgan fingerprint density at radius 1 is 0.929 bits per heavy atom. The van der Waals surface area contributed by atoms with Crippen LogP contribution in [0.2, 0.25) is 0 Å². The van der Waals surface area contributed by atoms with E-state index in [1.165, 1.54) is 7.11 Å². The van der Waals surface area contributed by atoms with Crippen LogP contribution in [-0.4, -0.2) is 67.3 Å². The van der Waals surface area contributed by atoms with Crippen molar-refractivity contribution in [3.05, 3.63) is 59.7 Å². The number of hydrogen-bond acceptors (Lipinski definition) is 5. The van der Waals surface area contributed by atoms with Crippen molar-refractivity contribution in [2.24, 2.45) is 5.73 Å². The van der Waals surface area contributed by atoms with Crippen molar-refractivity contribution in [1.82, 2.24) is 9.80 Å². The lowest BCUT2D eigenvalue weighted by atomic mass is 10.0. The molecular weight excluding hydrogens is 356 g/mol. The largest absolute Gasteiger partial charge is 0.468 e. The lowest BCUT2D eigenvalue weighted by molar-refractivity contribution is -0.142. The van der Waals surface area contributed by atoms with Gasteiger partial charge in [-0.25, -0.2) is 0 Å². The van der Waals surface area contributed by atoms with E-state index in [1.54, 1.807) is 0 Å². The van der Waals surface area contributed by atoms with Crippen molar-refractivity contribution in [3.8, 4) is 11.1 Å². The number of esters is 1. The maximum Gasteiger partial charge on any atom is 0.319 e. The maximum absolute atomic E-state index is 12.7. The highest BCUT2D eigenvalue weighted by atomic mass is 16.5. The Hall–Kier alpha value is -3.19. The summed E-state index contributed by atoms with van der Waals surface area (Å²) in [6, 6.07) is 14.9. The van der Waals surface area contributed by atoms with Gasteiger partial charge in [0.15, 0.2) is 0 Å². The molecule has 1 fully saturated rings. The fraction of sp³-hybridized carbons (Fsp3) is 0.286. The molecule has 1 saturated heterocycles. The summed E-state index contributed by atoms with van der Waals surface area (Å²) in [4.78, 5) is 27.9. The fourth-order valence-corrected chi connectivity index (χ4v) is 3.19. The third-order valence-corrected chi connectivity index (χ3v) is 4.90. The molecule has 2 aromatic rings. The van der Waals surface area contributed by atoms with Crippen molar-refractivity contribution in [2.75, 3.05) is 39.8 Å². The quantitative estimate of drug-likeness (QED) is 0.466. The van der Waals surface area contributed by atoms with Gasteiger partial charge in [-0.1, -0.05) is 36.4 Å². The van der Waals surface area contributed by atoms with Crippen LogP contribution in [-0.2, 0) is 9.53 Å². The summed E-state index contributed by atoms with van der Waals surface area (Å²) in [7, 11) is 1.38. The minimum Gasteiger partial charge on any atom is -0.468 e. The zero-order chi connectivity index (χ0) is 20.1. The third kappa shape index (κ3) is 4.55. The SMILES string of the molecule is COC(=O)CN1CCN(C(=O)c2ccc(-c3ccc(C(=N)N)cc3)cc2)CC1. The number of benzene rings is 2. The van der Waals surface area contributed by atoms with Crippen molar-refractivity contribution in [3.63, 3.8) is 0 Å². The number of amidine groups is 1. The smallest absolute Gasteiger partial charge is 0.319 e. The lowest BCUT2D eigenvalue weighted by Gasteiger charge is -2.34. The zero-order valence-corrected chi connectivity index (χ0v) is 15.9. The van der Waals surface area contributed by atoms with Crippen LogP contribution in [0.15, 0.2) is 48.5 Å². The number of nitrogens with one attached hydrogen (secondary N) is 1. The lowest BCUT2D eigenvalue weighted by Crippen LogP contribution is -2.50. The Bertz CT molecular complexity index is 854. The number of piperazine rings is 1. The molecule has 2 aromatic carbocycles. The first kappa shape index (κ1) is 19.6. The van der Waals surface area contributed by atoms with Gasteiger partial charge in [-0.05, 0) is 23.3 Å². The third-order valence-electron chi connectivity index (χ3n) is 4.90. The van der Waals surface area contributed by atoms with Crippen LogP contribution >= 0.6 is 0 Å². The second-order valence-electron chi connectivity index (χ2n) is 6.71. The van der Waals surface area contributed by atoms with E-state index in [0.717, 1.165) is 11.1 Å². The highest BCUT2D eigenvalue weighted by molar-refractivity contribution is 5.96. The van der Waals surface area contributed by atoms with E-state index >= 15 is 0 Å². The van der Waals surface area contributed by atoms with Crippen LogP contribution in [0.4, 0.5) is 0 Å². The van der Waals surface area contributed by atoms with E-state index in [1.807, 2.05) is 58.3 Å². The van der Waals surface area contributed by atoms with Gasteiger partial charge in [0.1, 0.15) is 5.84 Å². The highest BCUT2D eigenvalue weighted by Crippen LogP contribution is 2.21. The average Bonchev–Trinajstić information content (AvgIpc) is 2.74. The summed E-state index contributed by atoms with van der Waals surface area (Å²) >= 11 is 0. The van der Waals surface area contributed by atoms with E-state index in [4.69, 9.17) is 11.1 Å². The Morgan fingerprint density at radius 3 is 1.89 bits per heavy atom. The molecule has 0 aromatic heterocycles. The first-order valence-electron chi connectivity index (χ1n) is 9.11. The molecule has 0 radical (unpaired) electrons. The van der Waals surface area contributed by atoms with Gasteiger partial charge in [0.2, 0.25) is 0 Å². The molecular formula is C21H24N4O3. The molecule has 0 saturated carbocycles. The van der Waals surface area contributed by atoms with Crippen molar-refractivity contribution >= 4 is 17.7 Å². The molecule has 0 aliphatic carbocycles. The predicted octanol–water partition coefficient (Wildman–Crippen LogP) is 1.57. The number of methoxy groups -OCH3 is 1. The monoisotopic (exact) mass is 380 g/mol. The summed E-state index contributed by atoms with van der Waals surface area (Å²) in [6.45, 7) is 2.74. The fourth-order valence-electron chi connectivity index (χ4n) is 3.19. The molecule has 3 N–H and O–H groups in total. The number of carbonyl (C=O) groups excluding carboxylic acids is 2. The van der Waals surface area contributed by atoms with E-state index in [-0.39, 0.29) is 24.3 Å². The van der Waals surface area contributed by atoms with Crippen LogP contribution in [0.25, 0.3) is 11.1 Å². The van der Waals surface area contributed by atoms with Crippen LogP contribution in [0, 0.1) is 5.41 Å². The molecule has 28 heavy (non-hydrogen) atoms. The number of carbonyl (C=O) groups is 2. The molecule has 3 rings (SSSR count). The molecule has 7 heteroatoms. The predicted molar refractivity (Wildman–Crippen MR) is 107 cm³/mol. The topological polar surface area (TPSA) is 99.7 Å². The van der Waals surface area contributed by atoms with Crippen LogP contribution < -0.4 is 5.73 Å². The Labute approximate surface area is 164 Å². The van der Waals surface area contributed by atoms with Gasteiger partial charge in [0.25, 0.3) is 5.91 Å². The second-order valence-corrected chi connectivity index (χ2v) is 6.71. The molecule has 1 heterocycles. The number of amides is 1. The molecule has 1 aliphatic heterocycles. The van der Waals surface area contributed by atoms with E-state index in [0.29, 0.717) is 37.3 Å². The zero-order valence-electron chi connectivity index (χ0n) is 15.9. The highest BCUT2D eigenvalue weighted by Gasteiger charge is 2.23. The first-order chi connectivity index (χ1) is 13.5. The average molecular weight is 380 g/mol. The van der Waals surface area contributed by atoms with Crippen molar-refractivity contribution in [2.45, 2.75) is 0 Å². The second kappa shape index (κ2) is 8.67. The summed E-state index contributed by atoms with van der Waals surface area (Å²) in [5.41, 5.74) is 8.80. The number of nitrogens with zero attached hydrogens (tertiary/aromatic N) is 2. The Kier molecular flexibility index (Phi) is 6.06. The van der Waals surface area contributed by atoms with Crippen LogP contribution in [0.5, 0.6) is 0 Å². The number of hydrogen-bond donors (Lipinski definition) is 2. The molecule has 0 spiro atoms. The van der Waals surface area contributed by atoms with Gasteiger partial charge in [-0.3, -0.25) is 19.9 Å². The van der Waals surface area contributed by atoms with Crippen LogP contribution in [0.1, 0.15) is 15.9 Å². The van der Waals surface area contributed by atoms with Crippen LogP contribution in [0.3, 0.4) is 0 Å². The summed E-state index contributed by atoms with van der Waals surface area (Å²) in [6.07, 6.45) is 0. The maximum atomic E-state index is 12.7. The van der Waals surface area contributed by atoms with E-state index < -0.39 is 0 Å². The number of ether oxygens (including phenoxy) is 1. The van der Waals surface area contributed by atoms with Gasteiger partial charge in [-0.15, -0.1) is 0 Å². The standard InChI is InChI=1S/C21H24N4O3/c1-28-19(26)14-24-10-12-25(13-11-24)21(27)18-8-4-16(5-9-18)15-2-6-17(7-3-15)20(22)23/h2-9H,10-14H2,1H3,(H3,22,23). The number of nitrogen functional groups attached to an aromatic ring is 1. The summed E-state index contributed by atoms with van der Waals surface area (Å²) in [5, 5.41) is 7.45. The molecule has 1 aliphatic rings. The minimum absolute atomic E-state index is 0.00352. The van der Waals surface area contributed by atoms with Gasteiger partial charge >= 0.3 is 5.97 Å². The first-order valence-corrected chi connectivity index (χ1v) is 9.11. The minimum atomic E-state index is -0.258. The normalized spacial score (nSPS) is 14.5. The summed E-state index contributed by atoms with van der Waals surface area (Å²) < 4.78 is 4.68. The molecule has 0 atom stereocenters. The van der Waals surface area contributed by atoms with Gasteiger partial charge in [0.05, 0.1) is 13.7 Å². The summed E-state index contributed by atoms with van der Waals surface area (Å²) in [5.74, 6) is -0.220. The van der Waals surface area contributed by atoms with Crippen molar-refractivity contribution in [1.29, 1.82) is 5.41 Å². The molecule has 7 nitrogen and oxygen atoms in total. The Balaban J connectivity index is 1.61. The van der Waals surface area contributed by atoms with Gasteiger partial charge in [-0.2, -0.15) is 0 Å². The van der Waals surface area contributed by atoms with E-state index in [9.17, 15) is 9.59 Å². The molecule has 1 amide bonds. The Morgan fingerprint density at radius 2 is 1.43 bits per heavy atom. The molecule has 146 valence electrons.